The lowest BCUT2D eigenvalue weighted by Gasteiger charge is -2.08. The van der Waals surface area contributed by atoms with E-state index in [1.807, 2.05) is 12.1 Å². The van der Waals surface area contributed by atoms with Crippen LogP contribution in [0.15, 0.2) is 48.5 Å². The predicted octanol–water partition coefficient (Wildman–Crippen LogP) is 2.61. The lowest BCUT2D eigenvalue weighted by molar-refractivity contribution is -0.384. The first kappa shape index (κ1) is 15.5. The van der Waals surface area contributed by atoms with E-state index in [1.54, 1.807) is 31.3 Å². The second-order valence-corrected chi connectivity index (χ2v) is 4.76. The van der Waals surface area contributed by atoms with Crippen LogP contribution in [-0.4, -0.2) is 24.4 Å². The zero-order chi connectivity index (χ0) is 15.9. The Bertz CT molecular complexity index is 669. The summed E-state index contributed by atoms with van der Waals surface area (Å²) in [5, 5.41) is 16.4. The zero-order valence-corrected chi connectivity index (χ0v) is 12.2. The van der Waals surface area contributed by atoms with Crippen molar-refractivity contribution in [2.45, 2.75) is 6.42 Å². The van der Waals surface area contributed by atoms with Gasteiger partial charge < -0.3 is 10.6 Å². The Hall–Kier alpha value is -2.89. The van der Waals surface area contributed by atoms with Gasteiger partial charge in [0.15, 0.2) is 0 Å². The van der Waals surface area contributed by atoms with Crippen molar-refractivity contribution in [3.63, 3.8) is 0 Å². The average molecular weight is 299 g/mol. The Morgan fingerprint density at radius 1 is 1.18 bits per heavy atom. The van der Waals surface area contributed by atoms with Gasteiger partial charge in [0.1, 0.15) is 0 Å². The smallest absolute Gasteiger partial charge is 0.269 e. The number of carbonyl (C=O) groups is 1. The molecule has 114 valence electrons. The molecule has 0 radical (unpaired) electrons. The maximum Gasteiger partial charge on any atom is 0.269 e. The number of nitro groups is 1. The molecule has 0 heterocycles. The zero-order valence-electron chi connectivity index (χ0n) is 12.2. The fraction of sp³-hybridized carbons (Fsp3) is 0.188. The molecular weight excluding hydrogens is 282 g/mol. The van der Waals surface area contributed by atoms with Crippen LogP contribution in [0.1, 0.15) is 15.9 Å². The third-order valence-corrected chi connectivity index (χ3v) is 3.24. The van der Waals surface area contributed by atoms with E-state index in [0.717, 1.165) is 17.7 Å². The summed E-state index contributed by atoms with van der Waals surface area (Å²) in [6.45, 7) is 0.676. The molecule has 0 aliphatic carbocycles. The lowest BCUT2D eigenvalue weighted by atomic mass is 10.1. The highest BCUT2D eigenvalue weighted by molar-refractivity contribution is 5.94. The van der Waals surface area contributed by atoms with Crippen LogP contribution in [0.2, 0.25) is 0 Å². The van der Waals surface area contributed by atoms with Gasteiger partial charge in [0.2, 0.25) is 0 Å². The first-order valence-corrected chi connectivity index (χ1v) is 6.89. The second-order valence-electron chi connectivity index (χ2n) is 4.76. The largest absolute Gasteiger partial charge is 0.385 e. The summed E-state index contributed by atoms with van der Waals surface area (Å²) in [5.41, 5.74) is 2.57. The number of nitrogens with one attached hydrogen (secondary N) is 2. The summed E-state index contributed by atoms with van der Waals surface area (Å²) < 4.78 is 0. The number of amides is 1. The average Bonchev–Trinajstić information content (AvgIpc) is 2.55. The topological polar surface area (TPSA) is 84.3 Å². The minimum Gasteiger partial charge on any atom is -0.385 e. The molecule has 0 bridgehead atoms. The Labute approximate surface area is 128 Å². The van der Waals surface area contributed by atoms with Crippen molar-refractivity contribution < 1.29 is 9.72 Å². The first-order chi connectivity index (χ1) is 10.6. The van der Waals surface area contributed by atoms with E-state index in [9.17, 15) is 14.9 Å². The van der Waals surface area contributed by atoms with Gasteiger partial charge in [-0.3, -0.25) is 14.9 Å². The number of non-ortho nitro benzene ring substituents is 1. The molecule has 0 aliphatic heterocycles. The molecule has 2 rings (SSSR count). The summed E-state index contributed by atoms with van der Waals surface area (Å²) in [7, 11) is 1.59. The maximum absolute atomic E-state index is 11.6. The van der Waals surface area contributed by atoms with Crippen molar-refractivity contribution in [2.75, 3.05) is 18.9 Å². The van der Waals surface area contributed by atoms with Gasteiger partial charge in [0, 0.05) is 37.0 Å². The number of carbonyl (C=O) groups excluding carboxylic acids is 1. The highest BCUT2D eigenvalue weighted by Gasteiger charge is 2.05. The molecule has 0 spiro atoms. The van der Waals surface area contributed by atoms with Gasteiger partial charge in [-0.05, 0) is 30.2 Å². The van der Waals surface area contributed by atoms with E-state index in [4.69, 9.17) is 0 Å². The molecule has 22 heavy (non-hydrogen) atoms. The maximum atomic E-state index is 11.6. The van der Waals surface area contributed by atoms with Crippen LogP contribution in [0.5, 0.6) is 0 Å². The standard InChI is InChI=1S/C16H17N3O3/c1-17-16(20)13-3-2-4-14(11-13)18-10-9-12-5-7-15(8-6-12)19(21)22/h2-8,11,18H,9-10H2,1H3,(H,17,20). The molecule has 0 aromatic heterocycles. The molecule has 6 nitrogen and oxygen atoms in total. The van der Waals surface area contributed by atoms with Crippen LogP contribution < -0.4 is 10.6 Å². The summed E-state index contributed by atoms with van der Waals surface area (Å²) in [6.07, 6.45) is 0.738. The Morgan fingerprint density at radius 2 is 1.91 bits per heavy atom. The Balaban J connectivity index is 1.91. The Kier molecular flexibility index (Phi) is 5.08. The number of rotatable bonds is 6. The lowest BCUT2D eigenvalue weighted by Crippen LogP contribution is -2.17. The summed E-state index contributed by atoms with van der Waals surface area (Å²) in [4.78, 5) is 21.7. The van der Waals surface area contributed by atoms with Crippen molar-refractivity contribution in [2.24, 2.45) is 0 Å². The fourth-order valence-corrected chi connectivity index (χ4v) is 2.05. The number of anilines is 1. The number of nitro benzene ring substituents is 1. The molecule has 0 fully saturated rings. The number of nitrogens with zero attached hydrogens (tertiary/aromatic N) is 1. The molecule has 1 amide bonds. The molecule has 2 aromatic carbocycles. The van der Waals surface area contributed by atoms with Crippen molar-refractivity contribution >= 4 is 17.3 Å². The van der Waals surface area contributed by atoms with Gasteiger partial charge in [0.25, 0.3) is 11.6 Å². The quantitative estimate of drug-likeness (QED) is 0.634. The van der Waals surface area contributed by atoms with Gasteiger partial charge in [0.05, 0.1) is 4.92 Å². The van der Waals surface area contributed by atoms with E-state index in [1.165, 1.54) is 12.1 Å². The van der Waals surface area contributed by atoms with Crippen LogP contribution in [-0.2, 0) is 6.42 Å². The number of hydrogen-bond acceptors (Lipinski definition) is 4. The van der Waals surface area contributed by atoms with Crippen LogP contribution in [0, 0.1) is 10.1 Å². The van der Waals surface area contributed by atoms with E-state index in [2.05, 4.69) is 10.6 Å². The van der Waals surface area contributed by atoms with Crippen molar-refractivity contribution in [1.29, 1.82) is 0 Å². The normalized spacial score (nSPS) is 10.0. The minimum absolute atomic E-state index is 0.0926. The van der Waals surface area contributed by atoms with Gasteiger partial charge in [-0.1, -0.05) is 18.2 Å². The van der Waals surface area contributed by atoms with Crippen LogP contribution in [0.3, 0.4) is 0 Å². The molecule has 0 saturated heterocycles. The Morgan fingerprint density at radius 3 is 2.55 bits per heavy atom. The third-order valence-electron chi connectivity index (χ3n) is 3.24. The molecule has 0 unspecified atom stereocenters. The van der Waals surface area contributed by atoms with Crippen LogP contribution in [0.4, 0.5) is 11.4 Å². The van der Waals surface area contributed by atoms with Gasteiger partial charge in [-0.15, -0.1) is 0 Å². The SMILES string of the molecule is CNC(=O)c1cccc(NCCc2ccc([N+](=O)[O-])cc2)c1. The monoisotopic (exact) mass is 299 g/mol. The van der Waals surface area contributed by atoms with Gasteiger partial charge in [-0.25, -0.2) is 0 Å². The minimum atomic E-state index is -0.410. The van der Waals surface area contributed by atoms with Crippen molar-refractivity contribution in [1.82, 2.24) is 5.32 Å². The highest BCUT2D eigenvalue weighted by atomic mass is 16.6. The van der Waals surface area contributed by atoms with Gasteiger partial charge >= 0.3 is 0 Å². The van der Waals surface area contributed by atoms with Crippen LogP contribution in [0.25, 0.3) is 0 Å². The molecule has 0 saturated carbocycles. The molecular formula is C16H17N3O3. The second kappa shape index (κ2) is 7.21. The molecule has 6 heteroatoms. The summed E-state index contributed by atoms with van der Waals surface area (Å²) in [6, 6.07) is 13.8. The molecule has 0 atom stereocenters. The highest BCUT2D eigenvalue weighted by Crippen LogP contribution is 2.13. The summed E-state index contributed by atoms with van der Waals surface area (Å²) >= 11 is 0. The number of benzene rings is 2. The van der Waals surface area contributed by atoms with E-state index >= 15 is 0 Å². The fourth-order valence-electron chi connectivity index (χ4n) is 2.05. The predicted molar refractivity (Wildman–Crippen MR) is 85.1 cm³/mol. The van der Waals surface area contributed by atoms with E-state index in [-0.39, 0.29) is 11.6 Å². The third kappa shape index (κ3) is 4.05. The molecule has 0 aliphatic rings. The first-order valence-electron chi connectivity index (χ1n) is 6.89. The summed E-state index contributed by atoms with van der Waals surface area (Å²) in [5.74, 6) is -0.126. The van der Waals surface area contributed by atoms with Crippen LogP contribution >= 0.6 is 0 Å². The van der Waals surface area contributed by atoms with Crippen molar-refractivity contribution in [3.05, 3.63) is 69.8 Å². The van der Waals surface area contributed by atoms with Crippen molar-refractivity contribution in [3.8, 4) is 0 Å². The van der Waals surface area contributed by atoms with Gasteiger partial charge in [-0.2, -0.15) is 0 Å². The molecule has 2 N–H and O–H groups in total. The number of hydrogen-bond donors (Lipinski definition) is 2. The van der Waals surface area contributed by atoms with E-state index < -0.39 is 4.92 Å². The van der Waals surface area contributed by atoms with E-state index in [0.29, 0.717) is 12.1 Å². The molecule has 2 aromatic rings.